The predicted octanol–water partition coefficient (Wildman–Crippen LogP) is 0.796. The molecule has 1 saturated heterocycles. The number of aliphatic hydroxyl groups excluding tert-OH is 1. The smallest absolute Gasteiger partial charge is 0.269 e. The maximum Gasteiger partial charge on any atom is 0.269 e. The van der Waals surface area contributed by atoms with Crippen LogP contribution in [0.1, 0.15) is 12.1 Å². The molecule has 0 unspecified atom stereocenters. The number of methoxy groups -OCH3 is 1. The number of β-amino-alcohol motifs (C(OH)–C–C–N with tert-alkyl or cyclic N) is 1. The molecule has 5 rings (SSSR count). The average molecular weight is 468 g/mol. The van der Waals surface area contributed by atoms with Crippen molar-refractivity contribution < 1.29 is 19.3 Å². The van der Waals surface area contributed by atoms with Gasteiger partial charge in [-0.2, -0.15) is 0 Å². The lowest BCUT2D eigenvalue weighted by Gasteiger charge is -2.36. The van der Waals surface area contributed by atoms with E-state index in [9.17, 15) is 9.90 Å². The van der Waals surface area contributed by atoms with Crippen molar-refractivity contribution in [3.63, 3.8) is 0 Å². The van der Waals surface area contributed by atoms with Crippen molar-refractivity contribution in [1.82, 2.24) is 24.8 Å². The third-order valence-electron chi connectivity index (χ3n) is 6.39. The second-order valence-corrected chi connectivity index (χ2v) is 8.57. The fourth-order valence-corrected chi connectivity index (χ4v) is 4.50. The molecule has 2 N–H and O–H groups in total. The van der Waals surface area contributed by atoms with Crippen molar-refractivity contribution >= 4 is 11.0 Å². The van der Waals surface area contributed by atoms with Gasteiger partial charge in [0.1, 0.15) is 19.0 Å². The highest BCUT2D eigenvalue weighted by molar-refractivity contribution is 5.76. The van der Waals surface area contributed by atoms with E-state index in [1.54, 1.807) is 17.9 Å². The second-order valence-electron chi connectivity index (χ2n) is 8.57. The molecule has 2 aliphatic heterocycles. The minimum Gasteiger partial charge on any atom is -0.497 e. The Morgan fingerprint density at radius 1 is 1.15 bits per heavy atom. The van der Waals surface area contributed by atoms with Crippen LogP contribution in [-0.4, -0.2) is 76.6 Å². The van der Waals surface area contributed by atoms with Gasteiger partial charge in [0, 0.05) is 44.4 Å². The predicted molar refractivity (Wildman–Crippen MR) is 125 cm³/mol. The summed E-state index contributed by atoms with van der Waals surface area (Å²) in [5.41, 5.74) is 2.19. The summed E-state index contributed by atoms with van der Waals surface area (Å²) in [7, 11) is 1.60. The molecule has 0 aliphatic carbocycles. The van der Waals surface area contributed by atoms with Crippen molar-refractivity contribution in [2.24, 2.45) is 0 Å². The number of aliphatic hydroxyl groups is 1. The Morgan fingerprint density at radius 2 is 2.00 bits per heavy atom. The normalized spacial score (nSPS) is 20.4. The van der Waals surface area contributed by atoms with E-state index in [2.05, 4.69) is 20.2 Å². The highest BCUT2D eigenvalue weighted by atomic mass is 16.6. The maximum absolute atomic E-state index is 12.5. The summed E-state index contributed by atoms with van der Waals surface area (Å²) in [4.78, 5) is 23.3. The molecule has 2 aliphatic rings. The lowest BCUT2D eigenvalue weighted by molar-refractivity contribution is 0.0384. The molecule has 0 bridgehead atoms. The quantitative estimate of drug-likeness (QED) is 0.521. The van der Waals surface area contributed by atoms with E-state index in [-0.39, 0.29) is 11.6 Å². The zero-order valence-electron chi connectivity index (χ0n) is 19.1. The van der Waals surface area contributed by atoms with E-state index in [1.807, 2.05) is 24.3 Å². The number of nitrogens with one attached hydrogen (secondary N) is 1. The molecular formula is C24H29N5O5. The zero-order valence-corrected chi connectivity index (χ0v) is 19.1. The summed E-state index contributed by atoms with van der Waals surface area (Å²) in [6.07, 6.45) is 3.32. The molecule has 0 amide bonds. The molecule has 4 heterocycles. The summed E-state index contributed by atoms with van der Waals surface area (Å²) in [6.45, 7) is 4.14. The van der Waals surface area contributed by atoms with E-state index in [0.717, 1.165) is 29.7 Å². The zero-order chi connectivity index (χ0) is 23.5. The van der Waals surface area contributed by atoms with Crippen LogP contribution in [0.25, 0.3) is 11.0 Å². The first-order valence-corrected chi connectivity index (χ1v) is 11.5. The number of likely N-dealkylation sites (tertiary alicyclic amines) is 1. The lowest BCUT2D eigenvalue weighted by Crippen LogP contribution is -2.53. The molecule has 10 heteroatoms. The van der Waals surface area contributed by atoms with Crippen LogP contribution in [0.3, 0.4) is 0 Å². The molecule has 1 aromatic carbocycles. The number of ether oxygens (including phenoxy) is 3. The third-order valence-corrected chi connectivity index (χ3v) is 6.39. The standard InChI is InChI=1S/C24H29N5O5/c1-32-17-2-3-18-20(11-17)29(24(31)14-27-18)7-6-28-5-4-19(21(30)15-28)26-12-16-10-22-23(13-25-16)34-9-8-33-22/h2-3,10-11,13-14,19,21,26,30H,4-9,12,15H2,1H3/t19-,21-/m0/s1. The molecular weight excluding hydrogens is 438 g/mol. The number of hydrogen-bond donors (Lipinski definition) is 2. The first-order valence-electron chi connectivity index (χ1n) is 11.5. The minimum atomic E-state index is -0.517. The van der Waals surface area contributed by atoms with Gasteiger partial charge in [0.25, 0.3) is 5.56 Å². The molecule has 0 spiro atoms. The largest absolute Gasteiger partial charge is 0.497 e. The van der Waals surface area contributed by atoms with Crippen LogP contribution >= 0.6 is 0 Å². The molecule has 10 nitrogen and oxygen atoms in total. The van der Waals surface area contributed by atoms with Crippen molar-refractivity contribution in [3.05, 3.63) is 52.7 Å². The van der Waals surface area contributed by atoms with Crippen molar-refractivity contribution in [1.29, 1.82) is 0 Å². The molecule has 0 saturated carbocycles. The van der Waals surface area contributed by atoms with Gasteiger partial charge in [0.2, 0.25) is 0 Å². The molecule has 3 aromatic rings. The van der Waals surface area contributed by atoms with Crippen LogP contribution in [0.5, 0.6) is 17.2 Å². The van der Waals surface area contributed by atoms with Gasteiger partial charge >= 0.3 is 0 Å². The third kappa shape index (κ3) is 4.84. The molecule has 2 atom stereocenters. The number of aromatic nitrogens is 3. The molecule has 34 heavy (non-hydrogen) atoms. The Morgan fingerprint density at radius 3 is 2.82 bits per heavy atom. The second kappa shape index (κ2) is 9.96. The van der Waals surface area contributed by atoms with Gasteiger partial charge in [-0.05, 0) is 25.1 Å². The Bertz CT molecular complexity index is 1220. The van der Waals surface area contributed by atoms with Crippen LogP contribution in [0.4, 0.5) is 0 Å². The number of fused-ring (bicyclic) bond motifs is 2. The average Bonchev–Trinajstić information content (AvgIpc) is 2.87. The number of benzene rings is 1. The highest BCUT2D eigenvalue weighted by Crippen LogP contribution is 2.29. The summed E-state index contributed by atoms with van der Waals surface area (Å²) < 4.78 is 18.2. The van der Waals surface area contributed by atoms with Gasteiger partial charge in [0.15, 0.2) is 11.5 Å². The van der Waals surface area contributed by atoms with Crippen LogP contribution in [0, 0.1) is 0 Å². The van der Waals surface area contributed by atoms with Gasteiger partial charge in [0.05, 0.1) is 42.3 Å². The number of pyridine rings is 1. The topological polar surface area (TPSA) is 111 Å². The fourth-order valence-electron chi connectivity index (χ4n) is 4.50. The number of rotatable bonds is 7. The van der Waals surface area contributed by atoms with Crippen LogP contribution in [-0.2, 0) is 13.1 Å². The van der Waals surface area contributed by atoms with Crippen LogP contribution in [0.15, 0.2) is 41.5 Å². The first kappa shape index (κ1) is 22.6. The van der Waals surface area contributed by atoms with E-state index < -0.39 is 6.10 Å². The molecule has 2 aromatic heterocycles. The van der Waals surface area contributed by atoms with Crippen LogP contribution in [0.2, 0.25) is 0 Å². The highest BCUT2D eigenvalue weighted by Gasteiger charge is 2.27. The summed E-state index contributed by atoms with van der Waals surface area (Å²) in [5.74, 6) is 2.07. The van der Waals surface area contributed by atoms with E-state index in [1.165, 1.54) is 6.20 Å². The molecule has 180 valence electrons. The minimum absolute atomic E-state index is 0.0278. The van der Waals surface area contributed by atoms with Crippen LogP contribution < -0.4 is 25.1 Å². The molecule has 1 fully saturated rings. The Kier molecular flexibility index (Phi) is 6.61. The summed E-state index contributed by atoms with van der Waals surface area (Å²) in [6, 6.07) is 7.37. The van der Waals surface area contributed by atoms with Gasteiger partial charge < -0.3 is 29.2 Å². The molecule has 0 radical (unpaired) electrons. The Hall–Kier alpha value is -3.21. The Labute approximate surface area is 197 Å². The van der Waals surface area contributed by atoms with E-state index >= 15 is 0 Å². The van der Waals surface area contributed by atoms with Gasteiger partial charge in [-0.1, -0.05) is 0 Å². The van der Waals surface area contributed by atoms with Crippen molar-refractivity contribution in [3.8, 4) is 17.2 Å². The van der Waals surface area contributed by atoms with Crippen molar-refractivity contribution in [2.45, 2.75) is 31.7 Å². The monoisotopic (exact) mass is 467 g/mol. The van der Waals surface area contributed by atoms with Gasteiger partial charge in [-0.15, -0.1) is 0 Å². The van der Waals surface area contributed by atoms with Gasteiger partial charge in [-0.3, -0.25) is 14.7 Å². The number of hydrogen-bond acceptors (Lipinski definition) is 9. The number of piperidine rings is 1. The maximum atomic E-state index is 12.5. The Balaban J connectivity index is 1.17. The van der Waals surface area contributed by atoms with E-state index in [0.29, 0.717) is 56.6 Å². The number of nitrogens with zero attached hydrogens (tertiary/aromatic N) is 4. The first-order chi connectivity index (χ1) is 16.6. The summed E-state index contributed by atoms with van der Waals surface area (Å²) in [5, 5.41) is 14.2. The fraction of sp³-hybridized carbons (Fsp3) is 0.458. The van der Waals surface area contributed by atoms with E-state index in [4.69, 9.17) is 14.2 Å². The lowest BCUT2D eigenvalue weighted by atomic mass is 10.0. The van der Waals surface area contributed by atoms with Crippen molar-refractivity contribution in [2.75, 3.05) is 40.0 Å². The summed E-state index contributed by atoms with van der Waals surface area (Å²) >= 11 is 0. The van der Waals surface area contributed by atoms with Gasteiger partial charge in [-0.25, -0.2) is 4.98 Å². The SMILES string of the molecule is COc1ccc2ncc(=O)n(CCN3CC[C@H](NCc4cc5c(cn4)OCCO5)[C@@H](O)C3)c2c1.